The average molecular weight is 383 g/mol. The Morgan fingerprint density at radius 1 is 0.929 bits per heavy atom. The zero-order valence-corrected chi connectivity index (χ0v) is 16.7. The van der Waals surface area contributed by atoms with Crippen LogP contribution < -0.4 is 19.7 Å². The summed E-state index contributed by atoms with van der Waals surface area (Å²) in [5.41, 5.74) is 2.19. The lowest BCUT2D eigenvalue weighted by molar-refractivity contribution is -0.131. The van der Waals surface area contributed by atoms with Gasteiger partial charge in [0.25, 0.3) is 0 Å². The number of methoxy groups -OCH3 is 2. The molecule has 6 nitrogen and oxygen atoms in total. The van der Waals surface area contributed by atoms with E-state index >= 15 is 0 Å². The van der Waals surface area contributed by atoms with Crippen LogP contribution in [0.3, 0.4) is 0 Å². The van der Waals surface area contributed by atoms with E-state index in [1.165, 1.54) is 0 Å². The van der Waals surface area contributed by atoms with Gasteiger partial charge in [-0.25, -0.2) is 0 Å². The third-order valence-corrected chi connectivity index (χ3v) is 5.08. The van der Waals surface area contributed by atoms with Crippen molar-refractivity contribution in [1.82, 2.24) is 10.2 Å². The van der Waals surface area contributed by atoms with E-state index in [-0.39, 0.29) is 5.91 Å². The molecule has 1 aliphatic heterocycles. The Balaban J connectivity index is 1.42. The summed E-state index contributed by atoms with van der Waals surface area (Å²) < 4.78 is 10.8. The van der Waals surface area contributed by atoms with Crippen LogP contribution in [0.2, 0.25) is 0 Å². The predicted molar refractivity (Wildman–Crippen MR) is 111 cm³/mol. The number of carbonyl (C=O) groups excluding carboxylic acids is 1. The summed E-state index contributed by atoms with van der Waals surface area (Å²) in [6.45, 7) is 4.47. The van der Waals surface area contributed by atoms with Crippen LogP contribution in [-0.2, 0) is 11.3 Å². The van der Waals surface area contributed by atoms with Gasteiger partial charge < -0.3 is 24.6 Å². The molecule has 1 saturated heterocycles. The van der Waals surface area contributed by atoms with Crippen LogP contribution in [-0.4, -0.2) is 57.8 Å². The Kier molecular flexibility index (Phi) is 7.14. The fourth-order valence-corrected chi connectivity index (χ4v) is 3.51. The van der Waals surface area contributed by atoms with Crippen LogP contribution in [0.25, 0.3) is 0 Å². The molecular weight excluding hydrogens is 354 g/mol. The van der Waals surface area contributed by atoms with Crippen molar-refractivity contribution >= 4 is 11.6 Å². The Labute approximate surface area is 167 Å². The molecule has 1 fully saturated rings. The maximum Gasteiger partial charge on any atom is 0.223 e. The highest BCUT2D eigenvalue weighted by Crippen LogP contribution is 2.28. The van der Waals surface area contributed by atoms with Crippen molar-refractivity contribution in [3.8, 4) is 11.5 Å². The van der Waals surface area contributed by atoms with Crippen LogP contribution in [0.4, 0.5) is 5.69 Å². The summed E-state index contributed by atoms with van der Waals surface area (Å²) in [6.07, 6.45) is 0.504. The van der Waals surface area contributed by atoms with Gasteiger partial charge in [0.2, 0.25) is 5.91 Å². The zero-order valence-electron chi connectivity index (χ0n) is 16.7. The summed E-state index contributed by atoms with van der Waals surface area (Å²) in [6, 6.07) is 16.0. The molecule has 0 aliphatic carbocycles. The number of nitrogens with zero attached hydrogens (tertiary/aromatic N) is 2. The molecule has 0 aromatic heterocycles. The van der Waals surface area contributed by atoms with Crippen molar-refractivity contribution in [3.63, 3.8) is 0 Å². The molecule has 0 spiro atoms. The molecular formula is C22H29N3O3. The summed E-state index contributed by atoms with van der Waals surface area (Å²) in [5, 5.41) is 3.34. The van der Waals surface area contributed by atoms with E-state index in [1.54, 1.807) is 14.2 Å². The molecule has 0 atom stereocenters. The largest absolute Gasteiger partial charge is 0.496 e. The van der Waals surface area contributed by atoms with Gasteiger partial charge in [-0.3, -0.25) is 4.79 Å². The predicted octanol–water partition coefficient (Wildman–Crippen LogP) is 2.53. The standard InChI is InChI=1S/C22H29N3O3/c1-27-20-9-5-3-7-18(20)17-23-12-11-22(26)25-15-13-24(14-16-25)19-8-4-6-10-21(19)28-2/h3-10,23H,11-17H2,1-2H3. The van der Waals surface area contributed by atoms with Gasteiger partial charge in [0, 0.05) is 51.3 Å². The molecule has 1 heterocycles. The Hall–Kier alpha value is -2.73. The molecule has 0 bridgehead atoms. The number of benzene rings is 2. The van der Waals surface area contributed by atoms with Crippen LogP contribution in [0, 0.1) is 0 Å². The molecule has 28 heavy (non-hydrogen) atoms. The van der Waals surface area contributed by atoms with E-state index in [0.717, 1.165) is 48.9 Å². The van der Waals surface area contributed by atoms with E-state index in [9.17, 15) is 4.79 Å². The molecule has 1 aliphatic rings. The second-order valence-electron chi connectivity index (χ2n) is 6.78. The average Bonchev–Trinajstić information content (AvgIpc) is 2.77. The molecule has 2 aromatic rings. The smallest absolute Gasteiger partial charge is 0.223 e. The van der Waals surface area contributed by atoms with Crippen LogP contribution >= 0.6 is 0 Å². The topological polar surface area (TPSA) is 54.0 Å². The van der Waals surface area contributed by atoms with E-state index in [4.69, 9.17) is 9.47 Å². The molecule has 3 rings (SSSR count). The Morgan fingerprint density at radius 2 is 1.57 bits per heavy atom. The van der Waals surface area contributed by atoms with Gasteiger partial charge in [0.05, 0.1) is 19.9 Å². The number of hydrogen-bond donors (Lipinski definition) is 1. The van der Waals surface area contributed by atoms with Crippen molar-refractivity contribution in [2.75, 3.05) is 51.8 Å². The first kappa shape index (κ1) is 20.0. The van der Waals surface area contributed by atoms with Gasteiger partial charge >= 0.3 is 0 Å². The number of para-hydroxylation sites is 3. The molecule has 2 aromatic carbocycles. The summed E-state index contributed by atoms with van der Waals surface area (Å²) in [5.74, 6) is 1.95. The summed E-state index contributed by atoms with van der Waals surface area (Å²) >= 11 is 0. The van der Waals surface area contributed by atoms with E-state index < -0.39 is 0 Å². The number of carbonyl (C=O) groups is 1. The lowest BCUT2D eigenvalue weighted by Gasteiger charge is -2.36. The first-order valence-electron chi connectivity index (χ1n) is 9.71. The van der Waals surface area contributed by atoms with Crippen molar-refractivity contribution in [2.45, 2.75) is 13.0 Å². The molecule has 6 heteroatoms. The highest BCUT2D eigenvalue weighted by Gasteiger charge is 2.22. The lowest BCUT2D eigenvalue weighted by Crippen LogP contribution is -2.49. The molecule has 0 unspecified atom stereocenters. The number of nitrogens with one attached hydrogen (secondary N) is 1. The molecule has 0 radical (unpaired) electrons. The maximum atomic E-state index is 12.5. The Bertz CT molecular complexity index is 773. The molecule has 150 valence electrons. The molecule has 1 N–H and O–H groups in total. The van der Waals surface area contributed by atoms with Gasteiger partial charge in [-0.2, -0.15) is 0 Å². The quantitative estimate of drug-likeness (QED) is 0.710. The minimum Gasteiger partial charge on any atom is -0.496 e. The first-order valence-corrected chi connectivity index (χ1v) is 9.71. The Morgan fingerprint density at radius 3 is 2.29 bits per heavy atom. The second kappa shape index (κ2) is 9.99. The van der Waals surface area contributed by atoms with Crippen LogP contribution in [0.15, 0.2) is 48.5 Å². The van der Waals surface area contributed by atoms with E-state index in [2.05, 4.69) is 16.3 Å². The number of anilines is 1. The number of amides is 1. The van der Waals surface area contributed by atoms with Crippen LogP contribution in [0.1, 0.15) is 12.0 Å². The number of piperazine rings is 1. The van der Waals surface area contributed by atoms with Crippen molar-refractivity contribution in [3.05, 3.63) is 54.1 Å². The van der Waals surface area contributed by atoms with Gasteiger partial charge in [0.1, 0.15) is 11.5 Å². The summed E-state index contributed by atoms with van der Waals surface area (Å²) in [4.78, 5) is 16.8. The third kappa shape index (κ3) is 4.95. The van der Waals surface area contributed by atoms with Crippen molar-refractivity contribution in [2.24, 2.45) is 0 Å². The molecule has 0 saturated carbocycles. The van der Waals surface area contributed by atoms with Gasteiger partial charge in [-0.05, 0) is 18.2 Å². The monoisotopic (exact) mass is 383 g/mol. The normalized spacial score (nSPS) is 14.1. The fourth-order valence-electron chi connectivity index (χ4n) is 3.51. The van der Waals surface area contributed by atoms with Crippen molar-refractivity contribution < 1.29 is 14.3 Å². The number of ether oxygens (including phenoxy) is 2. The van der Waals surface area contributed by atoms with E-state index in [1.807, 2.05) is 47.4 Å². The molecule has 1 amide bonds. The zero-order chi connectivity index (χ0) is 19.8. The number of hydrogen-bond acceptors (Lipinski definition) is 5. The van der Waals surface area contributed by atoms with Gasteiger partial charge in [0.15, 0.2) is 0 Å². The highest BCUT2D eigenvalue weighted by molar-refractivity contribution is 5.76. The van der Waals surface area contributed by atoms with Gasteiger partial charge in [-0.1, -0.05) is 30.3 Å². The first-order chi connectivity index (χ1) is 13.7. The minimum atomic E-state index is 0.201. The number of rotatable bonds is 8. The SMILES string of the molecule is COc1ccccc1CNCCC(=O)N1CCN(c2ccccc2OC)CC1. The third-order valence-electron chi connectivity index (χ3n) is 5.08. The fraction of sp³-hybridized carbons (Fsp3) is 0.409. The maximum absolute atomic E-state index is 12.5. The highest BCUT2D eigenvalue weighted by atomic mass is 16.5. The van der Waals surface area contributed by atoms with Crippen LogP contribution in [0.5, 0.6) is 11.5 Å². The summed E-state index contributed by atoms with van der Waals surface area (Å²) in [7, 11) is 3.36. The second-order valence-corrected chi connectivity index (χ2v) is 6.78. The minimum absolute atomic E-state index is 0.201. The van der Waals surface area contributed by atoms with Crippen molar-refractivity contribution in [1.29, 1.82) is 0 Å². The van der Waals surface area contributed by atoms with Gasteiger partial charge in [-0.15, -0.1) is 0 Å². The van der Waals surface area contributed by atoms with E-state index in [0.29, 0.717) is 19.5 Å². The lowest BCUT2D eigenvalue weighted by atomic mass is 10.2.